The van der Waals surface area contributed by atoms with E-state index in [-0.39, 0.29) is 0 Å². The van der Waals surface area contributed by atoms with Gasteiger partial charge in [0.1, 0.15) is 5.65 Å². The monoisotopic (exact) mass is 237 g/mol. The van der Waals surface area contributed by atoms with Gasteiger partial charge in [0.15, 0.2) is 6.29 Å². The van der Waals surface area contributed by atoms with Gasteiger partial charge in [-0.1, -0.05) is 12.1 Å². The number of nitrogen functional groups attached to an aromatic ring is 1. The second-order valence-electron chi connectivity index (χ2n) is 4.13. The summed E-state index contributed by atoms with van der Waals surface area (Å²) in [6.45, 7) is 0. The first-order valence-corrected chi connectivity index (χ1v) is 5.56. The molecule has 0 bridgehead atoms. The second kappa shape index (κ2) is 4.00. The summed E-state index contributed by atoms with van der Waals surface area (Å²) in [4.78, 5) is 18.1. The summed E-state index contributed by atoms with van der Waals surface area (Å²) >= 11 is 0. The molecule has 3 N–H and O–H groups in total. The smallest absolute Gasteiger partial charge is 0.151 e. The summed E-state index contributed by atoms with van der Waals surface area (Å²) in [7, 11) is 0. The molecule has 0 aliphatic rings. The zero-order chi connectivity index (χ0) is 12.5. The normalized spacial score (nSPS) is 10.7. The molecule has 0 atom stereocenters. The number of hydrogen-bond donors (Lipinski definition) is 2. The molecule has 2 aromatic heterocycles. The van der Waals surface area contributed by atoms with Crippen molar-refractivity contribution in [3.8, 4) is 11.3 Å². The largest absolute Gasteiger partial charge is 0.399 e. The first-order chi connectivity index (χ1) is 8.76. The lowest BCUT2D eigenvalue weighted by molar-refractivity contribution is 0.112. The number of anilines is 1. The summed E-state index contributed by atoms with van der Waals surface area (Å²) < 4.78 is 0. The minimum atomic E-state index is 0.574. The van der Waals surface area contributed by atoms with E-state index >= 15 is 0 Å². The first kappa shape index (κ1) is 10.5. The molecule has 18 heavy (non-hydrogen) atoms. The Morgan fingerprint density at radius 3 is 2.67 bits per heavy atom. The number of pyridine rings is 1. The summed E-state index contributed by atoms with van der Waals surface area (Å²) in [5.41, 5.74) is 9.73. The zero-order valence-electron chi connectivity index (χ0n) is 9.55. The molecule has 0 unspecified atom stereocenters. The van der Waals surface area contributed by atoms with Gasteiger partial charge in [0, 0.05) is 28.5 Å². The van der Waals surface area contributed by atoms with E-state index in [1.54, 1.807) is 6.20 Å². The van der Waals surface area contributed by atoms with Crippen LogP contribution in [-0.4, -0.2) is 16.3 Å². The minimum absolute atomic E-state index is 0.574. The van der Waals surface area contributed by atoms with Crippen molar-refractivity contribution in [2.75, 3.05) is 5.73 Å². The standard InChI is InChI=1S/C14H11N3O/c15-12-3-1-10(2-4-12)13-6-11-5-9(8-18)7-16-14(11)17-13/h1-8H,15H2,(H,16,17). The average Bonchev–Trinajstić information content (AvgIpc) is 2.82. The molecule has 2 heterocycles. The Kier molecular flexibility index (Phi) is 2.34. The van der Waals surface area contributed by atoms with Crippen LogP contribution in [0.25, 0.3) is 22.3 Å². The number of aromatic nitrogens is 2. The van der Waals surface area contributed by atoms with Gasteiger partial charge >= 0.3 is 0 Å². The fourth-order valence-electron chi connectivity index (χ4n) is 1.92. The molecule has 4 heteroatoms. The van der Waals surface area contributed by atoms with E-state index in [9.17, 15) is 4.79 Å². The van der Waals surface area contributed by atoms with Crippen LogP contribution in [0.4, 0.5) is 5.69 Å². The SMILES string of the molecule is Nc1ccc(-c2cc3cc(C=O)cnc3[nH]2)cc1. The van der Waals surface area contributed by atoms with Gasteiger partial charge in [-0.3, -0.25) is 4.79 Å². The fourth-order valence-corrected chi connectivity index (χ4v) is 1.92. The molecule has 0 spiro atoms. The van der Waals surface area contributed by atoms with Crippen molar-refractivity contribution < 1.29 is 4.79 Å². The second-order valence-corrected chi connectivity index (χ2v) is 4.13. The van der Waals surface area contributed by atoms with Gasteiger partial charge in [0.25, 0.3) is 0 Å². The number of nitrogens with one attached hydrogen (secondary N) is 1. The Morgan fingerprint density at radius 2 is 1.94 bits per heavy atom. The molecular weight excluding hydrogens is 226 g/mol. The Hall–Kier alpha value is -2.62. The number of carbonyl (C=O) groups is 1. The average molecular weight is 237 g/mol. The van der Waals surface area contributed by atoms with Gasteiger partial charge in [-0.15, -0.1) is 0 Å². The molecule has 1 aromatic carbocycles. The highest BCUT2D eigenvalue weighted by Crippen LogP contribution is 2.24. The maximum atomic E-state index is 10.7. The van der Waals surface area contributed by atoms with E-state index in [2.05, 4.69) is 9.97 Å². The lowest BCUT2D eigenvalue weighted by atomic mass is 10.1. The van der Waals surface area contributed by atoms with Crippen molar-refractivity contribution in [2.24, 2.45) is 0 Å². The number of aromatic amines is 1. The minimum Gasteiger partial charge on any atom is -0.399 e. The third-order valence-electron chi connectivity index (χ3n) is 2.85. The summed E-state index contributed by atoms with van der Waals surface area (Å²) in [5, 5.41) is 0.923. The van der Waals surface area contributed by atoms with Gasteiger partial charge in [0.2, 0.25) is 0 Å². The van der Waals surface area contributed by atoms with Gasteiger partial charge in [-0.2, -0.15) is 0 Å². The number of rotatable bonds is 2. The van der Waals surface area contributed by atoms with Gasteiger partial charge < -0.3 is 10.7 Å². The molecule has 0 amide bonds. The molecule has 3 aromatic rings. The number of H-pyrrole nitrogens is 1. The molecule has 0 radical (unpaired) electrons. The third kappa shape index (κ3) is 1.73. The van der Waals surface area contributed by atoms with E-state index in [0.717, 1.165) is 34.3 Å². The Morgan fingerprint density at radius 1 is 1.17 bits per heavy atom. The zero-order valence-corrected chi connectivity index (χ0v) is 9.55. The van der Waals surface area contributed by atoms with E-state index < -0.39 is 0 Å². The maximum absolute atomic E-state index is 10.7. The highest BCUT2D eigenvalue weighted by atomic mass is 16.1. The van der Waals surface area contributed by atoms with E-state index in [0.29, 0.717) is 5.56 Å². The third-order valence-corrected chi connectivity index (χ3v) is 2.85. The molecule has 0 saturated carbocycles. The number of fused-ring (bicyclic) bond motifs is 1. The van der Waals surface area contributed by atoms with Crippen LogP contribution in [0.1, 0.15) is 10.4 Å². The Bertz CT molecular complexity index is 713. The summed E-state index contributed by atoms with van der Waals surface area (Å²) in [6, 6.07) is 11.4. The number of hydrogen-bond acceptors (Lipinski definition) is 3. The van der Waals surface area contributed by atoms with E-state index in [4.69, 9.17) is 5.73 Å². The van der Waals surface area contributed by atoms with Crippen molar-refractivity contribution >= 4 is 23.0 Å². The summed E-state index contributed by atoms with van der Waals surface area (Å²) in [6.07, 6.45) is 2.35. The van der Waals surface area contributed by atoms with Crippen LogP contribution in [-0.2, 0) is 0 Å². The van der Waals surface area contributed by atoms with E-state index in [1.165, 1.54) is 0 Å². The molecule has 0 saturated heterocycles. The van der Waals surface area contributed by atoms with Crippen LogP contribution >= 0.6 is 0 Å². The van der Waals surface area contributed by atoms with Gasteiger partial charge in [-0.05, 0) is 29.8 Å². The van der Waals surface area contributed by atoms with Crippen LogP contribution < -0.4 is 5.73 Å². The van der Waals surface area contributed by atoms with Crippen LogP contribution in [0, 0.1) is 0 Å². The summed E-state index contributed by atoms with van der Waals surface area (Å²) in [5.74, 6) is 0. The molecule has 88 valence electrons. The van der Waals surface area contributed by atoms with Gasteiger partial charge in [-0.25, -0.2) is 4.98 Å². The van der Waals surface area contributed by atoms with Crippen molar-refractivity contribution in [1.82, 2.24) is 9.97 Å². The quantitative estimate of drug-likeness (QED) is 0.531. The topological polar surface area (TPSA) is 71.8 Å². The number of aldehydes is 1. The molecular formula is C14H11N3O. The van der Waals surface area contributed by atoms with Crippen LogP contribution in [0.3, 0.4) is 0 Å². The van der Waals surface area contributed by atoms with Crippen molar-refractivity contribution in [3.05, 3.63) is 48.2 Å². The molecule has 0 aliphatic heterocycles. The lowest BCUT2D eigenvalue weighted by Crippen LogP contribution is -1.84. The Balaban J connectivity index is 2.12. The van der Waals surface area contributed by atoms with Crippen molar-refractivity contribution in [3.63, 3.8) is 0 Å². The lowest BCUT2D eigenvalue weighted by Gasteiger charge is -1.97. The van der Waals surface area contributed by atoms with Crippen LogP contribution in [0.5, 0.6) is 0 Å². The maximum Gasteiger partial charge on any atom is 0.151 e. The molecule has 0 aliphatic carbocycles. The first-order valence-electron chi connectivity index (χ1n) is 5.56. The number of carbonyl (C=O) groups excluding carboxylic acids is 1. The number of nitrogens with zero attached hydrogens (tertiary/aromatic N) is 1. The molecule has 3 rings (SSSR count). The van der Waals surface area contributed by atoms with Crippen molar-refractivity contribution in [2.45, 2.75) is 0 Å². The molecule has 0 fully saturated rings. The van der Waals surface area contributed by atoms with Crippen molar-refractivity contribution in [1.29, 1.82) is 0 Å². The van der Waals surface area contributed by atoms with Crippen LogP contribution in [0.2, 0.25) is 0 Å². The predicted molar refractivity (Wildman–Crippen MR) is 71.3 cm³/mol. The highest BCUT2D eigenvalue weighted by molar-refractivity contribution is 5.88. The number of nitrogens with two attached hydrogens (primary N) is 1. The van der Waals surface area contributed by atoms with Crippen LogP contribution in [0.15, 0.2) is 42.6 Å². The molecule has 4 nitrogen and oxygen atoms in total. The van der Waals surface area contributed by atoms with E-state index in [1.807, 2.05) is 36.4 Å². The number of benzene rings is 1. The van der Waals surface area contributed by atoms with Gasteiger partial charge in [0.05, 0.1) is 0 Å². The Labute approximate surface area is 103 Å². The highest BCUT2D eigenvalue weighted by Gasteiger charge is 2.04. The fraction of sp³-hybridized carbons (Fsp3) is 0. The predicted octanol–water partition coefficient (Wildman–Crippen LogP) is 2.62.